The van der Waals surface area contributed by atoms with Gasteiger partial charge in [-0.3, -0.25) is 19.4 Å². The minimum absolute atomic E-state index is 0.00644. The predicted molar refractivity (Wildman–Crippen MR) is 164 cm³/mol. The van der Waals surface area contributed by atoms with Crippen LogP contribution >= 0.6 is 11.6 Å². The molecule has 1 aliphatic heterocycles. The van der Waals surface area contributed by atoms with Gasteiger partial charge in [-0.1, -0.05) is 17.7 Å². The maximum Gasteiger partial charge on any atom is 0.320 e. The molecule has 0 radical (unpaired) electrons. The monoisotopic (exact) mass is 610 g/mol. The van der Waals surface area contributed by atoms with Crippen LogP contribution in [0.25, 0.3) is 10.9 Å². The number of nitrogens with one attached hydrogen (secondary N) is 2. The molecule has 5 rings (SSSR count). The minimum Gasteiger partial charge on any atom is -0.491 e. The SMILES string of the molecule is CCOC(=O)CN1CCCN(C/C=C/C(=O)Nc2cc3c(Nc4ccc(F)c(Cl)c4)ncnc3cc2OCC2CC2)CC1. The van der Waals surface area contributed by atoms with Crippen molar-refractivity contribution >= 4 is 51.6 Å². The van der Waals surface area contributed by atoms with E-state index < -0.39 is 5.82 Å². The van der Waals surface area contributed by atoms with Gasteiger partial charge in [-0.15, -0.1) is 0 Å². The van der Waals surface area contributed by atoms with Crippen LogP contribution in [0.3, 0.4) is 0 Å². The molecule has 2 aromatic carbocycles. The molecule has 1 aromatic heterocycles. The average molecular weight is 611 g/mol. The molecular formula is C31H36ClFN6O4. The van der Waals surface area contributed by atoms with Crippen LogP contribution < -0.4 is 15.4 Å². The third-order valence-corrected chi connectivity index (χ3v) is 7.61. The first-order chi connectivity index (χ1) is 20.9. The fourth-order valence-electron chi connectivity index (χ4n) is 4.84. The van der Waals surface area contributed by atoms with Crippen LogP contribution in [0.2, 0.25) is 5.02 Å². The molecule has 2 N–H and O–H groups in total. The number of fused-ring (bicyclic) bond motifs is 1. The predicted octanol–water partition coefficient (Wildman–Crippen LogP) is 5.02. The van der Waals surface area contributed by atoms with E-state index in [0.29, 0.717) is 66.1 Å². The molecular weight excluding hydrogens is 575 g/mol. The van der Waals surface area contributed by atoms with Crippen molar-refractivity contribution in [2.75, 3.05) is 63.1 Å². The van der Waals surface area contributed by atoms with E-state index in [0.717, 1.165) is 45.4 Å². The summed E-state index contributed by atoms with van der Waals surface area (Å²) in [4.78, 5) is 38.0. The van der Waals surface area contributed by atoms with Gasteiger partial charge in [0.25, 0.3) is 0 Å². The molecule has 2 fully saturated rings. The number of nitrogens with zero attached hydrogens (tertiary/aromatic N) is 4. The van der Waals surface area contributed by atoms with Crippen molar-refractivity contribution < 1.29 is 23.5 Å². The van der Waals surface area contributed by atoms with Crippen molar-refractivity contribution in [1.82, 2.24) is 19.8 Å². The van der Waals surface area contributed by atoms with Gasteiger partial charge in [-0.25, -0.2) is 14.4 Å². The molecule has 0 atom stereocenters. The number of carbonyl (C=O) groups is 2. The van der Waals surface area contributed by atoms with Crippen LogP contribution in [0.15, 0.2) is 48.8 Å². The number of aromatic nitrogens is 2. The van der Waals surface area contributed by atoms with Crippen molar-refractivity contribution in [2.24, 2.45) is 5.92 Å². The van der Waals surface area contributed by atoms with E-state index in [-0.39, 0.29) is 16.9 Å². The van der Waals surface area contributed by atoms with E-state index in [1.807, 2.05) is 13.0 Å². The van der Waals surface area contributed by atoms with Gasteiger partial charge in [0.1, 0.15) is 23.7 Å². The zero-order chi connectivity index (χ0) is 30.2. The Morgan fingerprint density at radius 1 is 1.12 bits per heavy atom. The summed E-state index contributed by atoms with van der Waals surface area (Å²) in [7, 11) is 0. The van der Waals surface area contributed by atoms with Crippen molar-refractivity contribution in [3.05, 3.63) is 59.7 Å². The first kappa shape index (κ1) is 30.7. The number of esters is 1. The number of ether oxygens (including phenoxy) is 2. The number of hydrogen-bond donors (Lipinski definition) is 2. The Bertz CT molecular complexity index is 1480. The normalized spacial score (nSPS) is 16.3. The van der Waals surface area contributed by atoms with E-state index in [2.05, 4.69) is 30.4 Å². The Morgan fingerprint density at radius 3 is 2.72 bits per heavy atom. The van der Waals surface area contributed by atoms with Gasteiger partial charge in [0.05, 0.1) is 36.0 Å². The number of anilines is 3. The van der Waals surface area contributed by atoms with Gasteiger partial charge in [0, 0.05) is 49.4 Å². The van der Waals surface area contributed by atoms with Crippen LogP contribution in [0.4, 0.5) is 21.6 Å². The van der Waals surface area contributed by atoms with Gasteiger partial charge in [-0.2, -0.15) is 0 Å². The second kappa shape index (κ2) is 14.6. The molecule has 12 heteroatoms. The summed E-state index contributed by atoms with van der Waals surface area (Å²) in [6.45, 7) is 6.95. The van der Waals surface area contributed by atoms with Crippen LogP contribution in [0, 0.1) is 11.7 Å². The highest BCUT2D eigenvalue weighted by Crippen LogP contribution is 2.36. The van der Waals surface area contributed by atoms with E-state index in [1.54, 1.807) is 18.2 Å². The van der Waals surface area contributed by atoms with Crippen molar-refractivity contribution in [3.8, 4) is 5.75 Å². The standard InChI is InChI=1S/C31H36ClFN6O4/c1-2-42-30(41)18-39-12-4-11-38(13-14-39)10-3-5-29(40)37-27-16-23-26(17-28(27)43-19-21-6-7-21)34-20-35-31(23)36-22-8-9-25(33)24(32)15-22/h3,5,8-9,15-17,20-21H,2,4,6-7,10-14,18-19H2,1H3,(H,37,40)(H,34,35,36)/b5-3+. The van der Waals surface area contributed by atoms with Crippen molar-refractivity contribution in [3.63, 3.8) is 0 Å². The zero-order valence-corrected chi connectivity index (χ0v) is 24.9. The smallest absolute Gasteiger partial charge is 0.320 e. The van der Waals surface area contributed by atoms with Gasteiger partial charge >= 0.3 is 5.97 Å². The summed E-state index contributed by atoms with van der Waals surface area (Å²) in [5.41, 5.74) is 1.69. The summed E-state index contributed by atoms with van der Waals surface area (Å²) in [5, 5.41) is 6.77. The summed E-state index contributed by atoms with van der Waals surface area (Å²) >= 11 is 5.96. The minimum atomic E-state index is -0.512. The maximum atomic E-state index is 13.7. The Hall–Kier alpha value is -3.80. The largest absolute Gasteiger partial charge is 0.491 e. The number of hydrogen-bond acceptors (Lipinski definition) is 9. The summed E-state index contributed by atoms with van der Waals surface area (Å²) in [6, 6.07) is 7.90. The number of halogens is 2. The van der Waals surface area contributed by atoms with Gasteiger partial charge in [0.15, 0.2) is 0 Å². The molecule has 1 aliphatic carbocycles. The molecule has 1 amide bonds. The number of rotatable bonds is 12. The van der Waals surface area contributed by atoms with Crippen LogP contribution in [0.5, 0.6) is 5.75 Å². The maximum absolute atomic E-state index is 13.7. The lowest BCUT2D eigenvalue weighted by Gasteiger charge is -2.20. The van der Waals surface area contributed by atoms with Crippen LogP contribution in [-0.2, 0) is 14.3 Å². The van der Waals surface area contributed by atoms with Gasteiger partial charge in [0.2, 0.25) is 5.91 Å². The van der Waals surface area contributed by atoms with Crippen LogP contribution in [0.1, 0.15) is 26.2 Å². The third-order valence-electron chi connectivity index (χ3n) is 7.32. The lowest BCUT2D eigenvalue weighted by molar-refractivity contribution is -0.144. The summed E-state index contributed by atoms with van der Waals surface area (Å²) < 4.78 is 24.8. The fourth-order valence-corrected chi connectivity index (χ4v) is 5.02. The molecule has 0 bridgehead atoms. The van der Waals surface area contributed by atoms with Crippen LogP contribution in [-0.4, -0.2) is 84.1 Å². The van der Waals surface area contributed by atoms with E-state index >= 15 is 0 Å². The highest BCUT2D eigenvalue weighted by atomic mass is 35.5. The number of benzene rings is 2. The lowest BCUT2D eigenvalue weighted by atomic mass is 10.1. The Labute approximate surface area is 255 Å². The summed E-state index contributed by atoms with van der Waals surface area (Å²) in [6.07, 6.45) is 7.99. The lowest BCUT2D eigenvalue weighted by Crippen LogP contribution is -2.35. The summed E-state index contributed by atoms with van der Waals surface area (Å²) in [5.74, 6) is 0.534. The van der Waals surface area contributed by atoms with Gasteiger partial charge in [-0.05, 0) is 62.9 Å². The van der Waals surface area contributed by atoms with E-state index in [4.69, 9.17) is 21.1 Å². The first-order valence-corrected chi connectivity index (χ1v) is 15.0. The third kappa shape index (κ3) is 8.85. The topological polar surface area (TPSA) is 109 Å². The van der Waals surface area contributed by atoms with E-state index in [1.165, 1.54) is 24.5 Å². The fraction of sp³-hybridized carbons (Fsp3) is 0.419. The Kier molecular flexibility index (Phi) is 10.4. The molecule has 2 heterocycles. The molecule has 10 nitrogen and oxygen atoms in total. The molecule has 1 saturated carbocycles. The first-order valence-electron chi connectivity index (χ1n) is 14.6. The molecule has 3 aromatic rings. The molecule has 2 aliphatic rings. The zero-order valence-electron chi connectivity index (χ0n) is 24.2. The molecule has 43 heavy (non-hydrogen) atoms. The second-order valence-corrected chi connectivity index (χ2v) is 11.1. The molecule has 1 saturated heterocycles. The van der Waals surface area contributed by atoms with Crippen molar-refractivity contribution in [1.29, 1.82) is 0 Å². The Morgan fingerprint density at radius 2 is 1.93 bits per heavy atom. The molecule has 0 spiro atoms. The molecule has 0 unspecified atom stereocenters. The average Bonchev–Trinajstić information content (AvgIpc) is 3.83. The Balaban J connectivity index is 1.26. The highest BCUT2D eigenvalue weighted by Gasteiger charge is 2.23. The molecule has 228 valence electrons. The number of amides is 1. The highest BCUT2D eigenvalue weighted by molar-refractivity contribution is 6.31. The number of carbonyl (C=O) groups excluding carboxylic acids is 2. The quantitative estimate of drug-likeness (QED) is 0.216. The van der Waals surface area contributed by atoms with Crippen molar-refractivity contribution in [2.45, 2.75) is 26.2 Å². The van der Waals surface area contributed by atoms with E-state index in [9.17, 15) is 14.0 Å². The second-order valence-electron chi connectivity index (χ2n) is 10.7. The van der Waals surface area contributed by atoms with Gasteiger partial charge < -0.3 is 20.1 Å².